The van der Waals surface area contributed by atoms with Gasteiger partial charge in [-0.2, -0.15) is 0 Å². The van der Waals surface area contributed by atoms with E-state index >= 15 is 0 Å². The maximum Gasteiger partial charge on any atom is 0.325 e. The average molecular weight is 154 g/mol. The molecule has 0 unspecified atom stereocenters. The zero-order chi connectivity index (χ0) is 7.11. The molecule has 0 aromatic carbocycles. The molecule has 0 rings (SSSR count). The van der Waals surface area contributed by atoms with Gasteiger partial charge in [0, 0.05) is 29.6 Å². The van der Waals surface area contributed by atoms with Crippen LogP contribution >= 0.6 is 0 Å². The van der Waals surface area contributed by atoms with Gasteiger partial charge in [0.2, 0.25) is 0 Å². The van der Waals surface area contributed by atoms with Crippen LogP contribution in [0.5, 0.6) is 0 Å². The van der Waals surface area contributed by atoms with Crippen LogP contribution in [0.1, 0.15) is 6.92 Å². The van der Waals surface area contributed by atoms with Crippen molar-refractivity contribution in [2.45, 2.75) is 6.92 Å². The molecule has 53 valence electrons. The molecule has 0 saturated carbocycles. The number of carboxylic acid groups (broad SMARTS) is 1. The Morgan fingerprint density at radius 1 is 1.80 bits per heavy atom. The Labute approximate surface area is 81.6 Å². The number of carboxylic acids is 1. The van der Waals surface area contributed by atoms with Crippen molar-refractivity contribution in [2.24, 2.45) is 4.99 Å². The van der Waals surface area contributed by atoms with Crippen LogP contribution < -0.4 is 0 Å². The predicted octanol–water partition coefficient (Wildman–Crippen LogP) is -0.245. The zero-order valence-corrected chi connectivity index (χ0v) is 8.20. The van der Waals surface area contributed by atoms with Crippen LogP contribution in [0, 0.1) is 0 Å². The van der Waals surface area contributed by atoms with Gasteiger partial charge < -0.3 is 9.84 Å². The monoisotopic (exact) mass is 154 g/mol. The van der Waals surface area contributed by atoms with Crippen LogP contribution in [-0.4, -0.2) is 60.2 Å². The second-order valence-corrected chi connectivity index (χ2v) is 1.30. The molecular formula is C5H9NNaO3. The van der Waals surface area contributed by atoms with E-state index in [1.54, 1.807) is 6.92 Å². The van der Waals surface area contributed by atoms with Crippen LogP contribution in [0.2, 0.25) is 0 Å². The third kappa shape index (κ3) is 10.8. The normalized spacial score (nSPS) is 8.90. The van der Waals surface area contributed by atoms with Gasteiger partial charge >= 0.3 is 5.97 Å². The Morgan fingerprint density at radius 3 is 2.80 bits per heavy atom. The predicted molar refractivity (Wildman–Crippen MR) is 38.4 cm³/mol. The molecular weight excluding hydrogens is 145 g/mol. The summed E-state index contributed by atoms with van der Waals surface area (Å²) >= 11 is 0. The summed E-state index contributed by atoms with van der Waals surface area (Å²) in [5.41, 5.74) is 0. The zero-order valence-electron chi connectivity index (χ0n) is 6.20. The molecule has 0 amide bonds. The average Bonchev–Trinajstić information content (AvgIpc) is 1.80. The van der Waals surface area contributed by atoms with Gasteiger partial charge in [0.1, 0.15) is 6.54 Å². The maximum absolute atomic E-state index is 9.79. The van der Waals surface area contributed by atoms with E-state index in [4.69, 9.17) is 5.11 Å². The van der Waals surface area contributed by atoms with Crippen molar-refractivity contribution in [2.75, 3.05) is 13.2 Å². The summed E-state index contributed by atoms with van der Waals surface area (Å²) in [4.78, 5) is 13.2. The van der Waals surface area contributed by atoms with E-state index < -0.39 is 5.97 Å². The number of hydrogen-bond donors (Lipinski definition) is 1. The Balaban J connectivity index is 0. The summed E-state index contributed by atoms with van der Waals surface area (Å²) in [6.07, 6.45) is 1.15. The minimum absolute atomic E-state index is 0. The van der Waals surface area contributed by atoms with Crippen molar-refractivity contribution in [1.29, 1.82) is 0 Å². The SMILES string of the molecule is CCOC=NCC(=O)O.[Na]. The van der Waals surface area contributed by atoms with Crippen LogP contribution in [0.4, 0.5) is 0 Å². The van der Waals surface area contributed by atoms with Gasteiger partial charge in [-0.25, -0.2) is 4.99 Å². The molecule has 0 aromatic heterocycles. The summed E-state index contributed by atoms with van der Waals surface area (Å²) in [6, 6.07) is 0. The Bertz CT molecular complexity index is 115. The first-order valence-electron chi connectivity index (χ1n) is 2.59. The molecule has 0 bridgehead atoms. The first kappa shape index (κ1) is 12.6. The number of rotatable bonds is 4. The molecule has 0 fully saturated rings. The number of ether oxygens (including phenoxy) is 1. The van der Waals surface area contributed by atoms with Gasteiger partial charge in [-0.15, -0.1) is 0 Å². The minimum Gasteiger partial charge on any atom is -0.484 e. The van der Waals surface area contributed by atoms with Crippen molar-refractivity contribution in [1.82, 2.24) is 0 Å². The molecule has 0 atom stereocenters. The van der Waals surface area contributed by atoms with Crippen molar-refractivity contribution in [3.8, 4) is 0 Å². The fourth-order valence-electron chi connectivity index (χ4n) is 0.243. The second-order valence-electron chi connectivity index (χ2n) is 1.30. The quantitative estimate of drug-likeness (QED) is 0.345. The van der Waals surface area contributed by atoms with Crippen LogP contribution in [0.25, 0.3) is 0 Å². The van der Waals surface area contributed by atoms with Crippen LogP contribution in [0.3, 0.4) is 0 Å². The van der Waals surface area contributed by atoms with Gasteiger partial charge in [0.05, 0.1) is 6.61 Å². The fraction of sp³-hybridized carbons (Fsp3) is 0.600. The van der Waals surface area contributed by atoms with Crippen molar-refractivity contribution < 1.29 is 14.6 Å². The molecule has 0 aliphatic heterocycles. The fourth-order valence-corrected chi connectivity index (χ4v) is 0.243. The smallest absolute Gasteiger partial charge is 0.325 e. The standard InChI is InChI=1S/C5H9NO3.Na/c1-2-9-4-6-3-5(7)8;/h4H,2-3H2,1H3,(H,7,8);. The van der Waals surface area contributed by atoms with Gasteiger partial charge in [-0.05, 0) is 6.92 Å². The maximum atomic E-state index is 9.79. The number of nitrogens with zero attached hydrogens (tertiary/aromatic N) is 1. The Kier molecular flexibility index (Phi) is 11.3. The number of aliphatic carboxylic acids is 1. The van der Waals surface area contributed by atoms with E-state index in [-0.39, 0.29) is 36.1 Å². The van der Waals surface area contributed by atoms with Gasteiger partial charge in [-0.3, -0.25) is 4.79 Å². The van der Waals surface area contributed by atoms with E-state index in [2.05, 4.69) is 9.73 Å². The number of hydrogen-bond acceptors (Lipinski definition) is 3. The molecule has 5 heteroatoms. The van der Waals surface area contributed by atoms with Gasteiger partial charge in [-0.1, -0.05) is 0 Å². The number of aliphatic imine (C=N–C) groups is 1. The van der Waals surface area contributed by atoms with E-state index in [9.17, 15) is 4.79 Å². The van der Waals surface area contributed by atoms with E-state index in [1.165, 1.54) is 0 Å². The van der Waals surface area contributed by atoms with Crippen LogP contribution in [0.15, 0.2) is 4.99 Å². The summed E-state index contributed by atoms with van der Waals surface area (Å²) < 4.78 is 4.63. The first-order valence-corrected chi connectivity index (χ1v) is 2.59. The number of carbonyl (C=O) groups is 1. The van der Waals surface area contributed by atoms with Crippen molar-refractivity contribution in [3.63, 3.8) is 0 Å². The molecule has 0 aromatic rings. The molecule has 0 aliphatic rings. The molecule has 4 nitrogen and oxygen atoms in total. The third-order valence-electron chi connectivity index (χ3n) is 0.542. The Hall–Kier alpha value is -0.0600. The minimum atomic E-state index is -0.953. The van der Waals surface area contributed by atoms with Gasteiger partial charge in [0.15, 0.2) is 6.40 Å². The van der Waals surface area contributed by atoms with Gasteiger partial charge in [0.25, 0.3) is 0 Å². The molecule has 10 heavy (non-hydrogen) atoms. The summed E-state index contributed by atoms with van der Waals surface area (Å²) in [7, 11) is 0. The molecule has 1 N–H and O–H groups in total. The van der Waals surface area contributed by atoms with E-state index in [1.807, 2.05) is 0 Å². The topological polar surface area (TPSA) is 58.9 Å². The summed E-state index contributed by atoms with van der Waals surface area (Å²) in [5.74, 6) is -0.953. The first-order chi connectivity index (χ1) is 4.27. The molecule has 0 saturated heterocycles. The molecule has 0 heterocycles. The van der Waals surface area contributed by atoms with E-state index in [0.29, 0.717) is 6.61 Å². The summed E-state index contributed by atoms with van der Waals surface area (Å²) in [6.45, 7) is 2.09. The van der Waals surface area contributed by atoms with Crippen molar-refractivity contribution >= 4 is 41.9 Å². The molecule has 1 radical (unpaired) electrons. The van der Waals surface area contributed by atoms with Crippen molar-refractivity contribution in [3.05, 3.63) is 0 Å². The van der Waals surface area contributed by atoms with E-state index in [0.717, 1.165) is 6.40 Å². The Morgan fingerprint density at radius 2 is 2.40 bits per heavy atom. The molecule has 0 spiro atoms. The van der Waals surface area contributed by atoms with Crippen LogP contribution in [-0.2, 0) is 9.53 Å². The summed E-state index contributed by atoms with van der Waals surface area (Å²) in [5, 5.41) is 8.04. The second kappa shape index (κ2) is 8.94. The third-order valence-corrected chi connectivity index (χ3v) is 0.542. The largest absolute Gasteiger partial charge is 0.484 e. The molecule has 0 aliphatic carbocycles.